The monoisotopic (exact) mass is 454 g/mol. The highest BCUT2D eigenvalue weighted by Crippen LogP contribution is 2.27. The zero-order chi connectivity index (χ0) is 22.5. The molecule has 0 spiro atoms. The van der Waals surface area contributed by atoms with Crippen LogP contribution in [0.25, 0.3) is 10.9 Å². The summed E-state index contributed by atoms with van der Waals surface area (Å²) in [6.45, 7) is 1.87. The van der Waals surface area contributed by atoms with Gasteiger partial charge < -0.3 is 10.1 Å². The quantitative estimate of drug-likeness (QED) is 0.311. The van der Waals surface area contributed by atoms with Crippen LogP contribution in [-0.4, -0.2) is 38.3 Å². The molecule has 0 aliphatic heterocycles. The van der Waals surface area contributed by atoms with E-state index >= 15 is 0 Å². The number of nitrogens with one attached hydrogen (secondary N) is 1. The number of benzene rings is 2. The van der Waals surface area contributed by atoms with E-state index in [2.05, 4.69) is 20.4 Å². The molecule has 1 N–H and O–H groups in total. The third-order valence-corrected chi connectivity index (χ3v) is 4.84. The summed E-state index contributed by atoms with van der Waals surface area (Å²) < 4.78 is 19.9. The second kappa shape index (κ2) is 9.61. The highest BCUT2D eigenvalue weighted by Gasteiger charge is 2.19. The van der Waals surface area contributed by atoms with Crippen molar-refractivity contribution in [1.29, 1.82) is 0 Å². The van der Waals surface area contributed by atoms with E-state index in [4.69, 9.17) is 16.3 Å². The van der Waals surface area contributed by atoms with Gasteiger partial charge in [0.15, 0.2) is 0 Å². The number of fused-ring (bicyclic) bond motifs is 1. The first-order valence-electron chi connectivity index (χ1n) is 9.87. The Morgan fingerprint density at radius 2 is 2.09 bits per heavy atom. The molecule has 0 saturated carbocycles. The van der Waals surface area contributed by atoms with Crippen LogP contribution >= 0.6 is 11.6 Å². The molecule has 0 bridgehead atoms. The fourth-order valence-electron chi connectivity index (χ4n) is 3.14. The van der Waals surface area contributed by atoms with E-state index < -0.39 is 5.82 Å². The van der Waals surface area contributed by atoms with Crippen molar-refractivity contribution in [2.75, 3.05) is 22.8 Å². The van der Waals surface area contributed by atoms with Gasteiger partial charge >= 0.3 is 0 Å². The Hall–Kier alpha value is -3.72. The van der Waals surface area contributed by atoms with Crippen molar-refractivity contribution in [2.45, 2.75) is 13.3 Å². The van der Waals surface area contributed by atoms with Gasteiger partial charge in [0.1, 0.15) is 29.4 Å². The molecule has 0 unspecified atom stereocenters. The number of rotatable bonds is 8. The smallest absolute Gasteiger partial charge is 0.244 e. The molecule has 164 valence electrons. The van der Waals surface area contributed by atoms with E-state index in [1.807, 2.05) is 18.2 Å². The second-order valence-corrected chi connectivity index (χ2v) is 7.23. The predicted molar refractivity (Wildman–Crippen MR) is 121 cm³/mol. The van der Waals surface area contributed by atoms with E-state index in [0.29, 0.717) is 35.3 Å². The van der Waals surface area contributed by atoms with Crippen molar-refractivity contribution >= 4 is 45.6 Å². The molecule has 0 atom stereocenters. The van der Waals surface area contributed by atoms with Crippen molar-refractivity contribution in [2.24, 2.45) is 0 Å². The Balaban J connectivity index is 1.59. The highest BCUT2D eigenvalue weighted by atomic mass is 35.5. The van der Waals surface area contributed by atoms with Crippen LogP contribution < -0.4 is 15.1 Å². The highest BCUT2D eigenvalue weighted by molar-refractivity contribution is 6.17. The third kappa shape index (κ3) is 4.62. The number of ether oxygens (including phenoxy) is 1. The van der Waals surface area contributed by atoms with Gasteiger partial charge in [0, 0.05) is 24.3 Å². The lowest BCUT2D eigenvalue weighted by atomic mass is 10.2. The van der Waals surface area contributed by atoms with Crippen molar-refractivity contribution in [1.82, 2.24) is 19.9 Å². The van der Waals surface area contributed by atoms with Crippen LogP contribution in [0.1, 0.15) is 13.3 Å². The lowest BCUT2D eigenvalue weighted by molar-refractivity contribution is -0.117. The molecular formula is C22H20ClFN6O2. The minimum atomic E-state index is -0.529. The van der Waals surface area contributed by atoms with Gasteiger partial charge in [-0.1, -0.05) is 12.1 Å². The molecule has 0 fully saturated rings. The summed E-state index contributed by atoms with van der Waals surface area (Å²) in [6.07, 6.45) is 5.29. The number of aromatic nitrogens is 4. The summed E-state index contributed by atoms with van der Waals surface area (Å²) in [5, 5.41) is 9.30. The summed E-state index contributed by atoms with van der Waals surface area (Å²) in [7, 11) is 0. The van der Waals surface area contributed by atoms with Gasteiger partial charge in [-0.2, -0.15) is 14.9 Å². The summed E-state index contributed by atoms with van der Waals surface area (Å²) in [5.41, 5.74) is 1.37. The maximum Gasteiger partial charge on any atom is 0.244 e. The zero-order valence-corrected chi connectivity index (χ0v) is 18.0. The molecule has 0 aliphatic carbocycles. The van der Waals surface area contributed by atoms with Crippen molar-refractivity contribution in [3.8, 4) is 5.75 Å². The lowest BCUT2D eigenvalue weighted by Gasteiger charge is -2.21. The lowest BCUT2D eigenvalue weighted by Crippen LogP contribution is -2.35. The number of alkyl halides is 1. The van der Waals surface area contributed by atoms with Gasteiger partial charge in [0.2, 0.25) is 5.91 Å². The Morgan fingerprint density at radius 3 is 2.88 bits per heavy atom. The van der Waals surface area contributed by atoms with Crippen LogP contribution in [0.2, 0.25) is 0 Å². The fraction of sp³-hybridized carbons (Fsp3) is 0.182. The number of halogens is 2. The molecule has 2 aromatic carbocycles. The average Bonchev–Trinajstić information content (AvgIpc) is 3.23. The number of carbonyl (C=O) groups excluding carboxylic acids is 1. The van der Waals surface area contributed by atoms with Gasteiger partial charge in [-0.05, 0) is 30.7 Å². The van der Waals surface area contributed by atoms with Crippen LogP contribution in [0.5, 0.6) is 5.75 Å². The number of nitrogens with zero attached hydrogens (tertiary/aromatic N) is 5. The number of amides is 1. The largest absolute Gasteiger partial charge is 0.493 e. The molecule has 0 aliphatic rings. The number of hydrogen-bond acceptors (Lipinski definition) is 6. The maximum atomic E-state index is 14.3. The van der Waals surface area contributed by atoms with Crippen molar-refractivity contribution in [3.05, 3.63) is 67.0 Å². The van der Waals surface area contributed by atoms with Crippen LogP contribution in [0.15, 0.2) is 61.2 Å². The van der Waals surface area contributed by atoms with E-state index in [9.17, 15) is 9.18 Å². The van der Waals surface area contributed by atoms with Crippen LogP contribution in [0, 0.1) is 5.82 Å². The van der Waals surface area contributed by atoms with Crippen molar-refractivity contribution in [3.63, 3.8) is 0 Å². The SMILES string of the molecule is CC(=O)N(c1ccccc1F)n1cc(Nc2ncnc3cc(OCCCCl)ccc23)cn1. The number of anilines is 3. The summed E-state index contributed by atoms with van der Waals surface area (Å²) in [4.78, 5) is 22.1. The summed E-state index contributed by atoms with van der Waals surface area (Å²) in [6, 6.07) is 11.5. The van der Waals surface area contributed by atoms with Gasteiger partial charge in [-0.25, -0.2) is 14.4 Å². The van der Waals surface area contributed by atoms with Gasteiger partial charge in [0.05, 0.1) is 30.2 Å². The molecule has 0 radical (unpaired) electrons. The Labute approximate surface area is 188 Å². The molecule has 2 aromatic heterocycles. The number of carbonyl (C=O) groups is 1. The Bertz CT molecular complexity index is 1250. The molecule has 8 nitrogen and oxygen atoms in total. The number of para-hydroxylation sites is 1. The first-order valence-corrected chi connectivity index (χ1v) is 10.4. The van der Waals surface area contributed by atoms with Gasteiger partial charge in [0.25, 0.3) is 0 Å². The Kier molecular flexibility index (Phi) is 6.46. The molecule has 4 rings (SSSR count). The average molecular weight is 455 g/mol. The van der Waals surface area contributed by atoms with E-state index in [1.165, 1.54) is 36.4 Å². The van der Waals surface area contributed by atoms with Crippen LogP contribution in [0.3, 0.4) is 0 Å². The molecule has 0 saturated heterocycles. The first kappa shape index (κ1) is 21.5. The minimum Gasteiger partial charge on any atom is -0.493 e. The zero-order valence-electron chi connectivity index (χ0n) is 17.2. The van der Waals surface area contributed by atoms with E-state index in [-0.39, 0.29) is 11.6 Å². The van der Waals surface area contributed by atoms with Gasteiger partial charge in [-0.3, -0.25) is 4.79 Å². The molecule has 1 amide bonds. The normalized spacial score (nSPS) is 10.8. The molecule has 10 heteroatoms. The minimum absolute atomic E-state index is 0.101. The van der Waals surface area contributed by atoms with E-state index in [0.717, 1.165) is 16.8 Å². The maximum absolute atomic E-state index is 14.3. The standard InChI is InChI=1S/C22H20ClFN6O2/c1-15(31)30(21-6-3-2-5-19(21)24)29-13-16(12-27-29)28-22-18-8-7-17(32-10-4-9-23)11-20(18)25-14-26-22/h2-3,5-8,11-14H,4,9-10H2,1H3,(H,25,26,28). The summed E-state index contributed by atoms with van der Waals surface area (Å²) >= 11 is 5.69. The molecular weight excluding hydrogens is 435 g/mol. The first-order chi connectivity index (χ1) is 15.6. The molecule has 4 aromatic rings. The number of hydrogen-bond donors (Lipinski definition) is 1. The van der Waals surface area contributed by atoms with Crippen LogP contribution in [-0.2, 0) is 4.79 Å². The molecule has 2 heterocycles. The van der Waals surface area contributed by atoms with E-state index in [1.54, 1.807) is 18.3 Å². The topological polar surface area (TPSA) is 85.2 Å². The Morgan fingerprint density at radius 1 is 1.25 bits per heavy atom. The predicted octanol–water partition coefficient (Wildman–Crippen LogP) is 4.53. The summed E-state index contributed by atoms with van der Waals surface area (Å²) in [5.74, 6) is 0.872. The second-order valence-electron chi connectivity index (χ2n) is 6.85. The molecule has 32 heavy (non-hydrogen) atoms. The van der Waals surface area contributed by atoms with Gasteiger partial charge in [-0.15, -0.1) is 11.6 Å². The van der Waals surface area contributed by atoms with Crippen LogP contribution in [0.4, 0.5) is 21.6 Å². The van der Waals surface area contributed by atoms with Crippen molar-refractivity contribution < 1.29 is 13.9 Å². The fourth-order valence-corrected chi connectivity index (χ4v) is 3.25. The third-order valence-electron chi connectivity index (χ3n) is 4.57.